The Morgan fingerprint density at radius 1 is 1.47 bits per heavy atom. The first-order valence-electron chi connectivity index (χ1n) is 5.96. The van der Waals surface area contributed by atoms with Crippen LogP contribution < -0.4 is 10.1 Å². The molecule has 1 N–H and O–H groups in total. The molecule has 0 aliphatic carbocycles. The third-order valence-electron chi connectivity index (χ3n) is 3.17. The molecular weight excluding hydrogens is 241 g/mol. The Morgan fingerprint density at radius 2 is 2.29 bits per heavy atom. The molecule has 0 radical (unpaired) electrons. The first-order valence-corrected chi connectivity index (χ1v) is 6.34. The smallest absolute Gasteiger partial charge is 0.166 e. The predicted octanol–water partition coefficient (Wildman–Crippen LogP) is 3.17. The van der Waals surface area contributed by atoms with Gasteiger partial charge in [-0.2, -0.15) is 0 Å². The van der Waals surface area contributed by atoms with Crippen LogP contribution in [0.15, 0.2) is 12.1 Å². The van der Waals surface area contributed by atoms with Crippen molar-refractivity contribution in [3.8, 4) is 5.75 Å². The molecule has 0 amide bonds. The zero-order chi connectivity index (χ0) is 12.3. The Balaban J connectivity index is 2.18. The molecule has 17 heavy (non-hydrogen) atoms. The highest BCUT2D eigenvalue weighted by Crippen LogP contribution is 2.28. The molecule has 94 valence electrons. The minimum absolute atomic E-state index is 0.321. The lowest BCUT2D eigenvalue weighted by Crippen LogP contribution is -2.35. The van der Waals surface area contributed by atoms with Gasteiger partial charge in [0, 0.05) is 16.6 Å². The number of hydrogen-bond acceptors (Lipinski definition) is 2. The zero-order valence-electron chi connectivity index (χ0n) is 9.93. The lowest BCUT2D eigenvalue weighted by atomic mass is 9.97. The van der Waals surface area contributed by atoms with E-state index in [9.17, 15) is 4.39 Å². The molecule has 0 aromatic heterocycles. The maximum atomic E-state index is 13.6. The summed E-state index contributed by atoms with van der Waals surface area (Å²) in [5.74, 6) is -0.0624. The molecular formula is C13H17ClFNO. The fraction of sp³-hybridized carbons (Fsp3) is 0.538. The van der Waals surface area contributed by atoms with Crippen molar-refractivity contribution in [1.29, 1.82) is 0 Å². The number of halogens is 2. The number of ether oxygens (including phenoxy) is 1. The minimum atomic E-state index is -0.384. The van der Waals surface area contributed by atoms with Gasteiger partial charge in [0.05, 0.1) is 7.11 Å². The average Bonchev–Trinajstić information content (AvgIpc) is 2.30. The van der Waals surface area contributed by atoms with Gasteiger partial charge in [-0.3, -0.25) is 0 Å². The van der Waals surface area contributed by atoms with E-state index in [0.717, 1.165) is 24.9 Å². The third-order valence-corrected chi connectivity index (χ3v) is 3.39. The lowest BCUT2D eigenvalue weighted by molar-refractivity contribution is 0.366. The largest absolute Gasteiger partial charge is 0.493 e. The molecule has 0 spiro atoms. The fourth-order valence-corrected chi connectivity index (χ4v) is 2.59. The monoisotopic (exact) mass is 257 g/mol. The summed E-state index contributed by atoms with van der Waals surface area (Å²) in [6.07, 6.45) is 4.33. The average molecular weight is 258 g/mol. The van der Waals surface area contributed by atoms with Crippen molar-refractivity contribution in [3.63, 3.8) is 0 Å². The highest BCUT2D eigenvalue weighted by atomic mass is 35.5. The van der Waals surface area contributed by atoms with Crippen LogP contribution in [0.2, 0.25) is 5.02 Å². The number of methoxy groups -OCH3 is 1. The molecule has 0 bridgehead atoms. The summed E-state index contributed by atoms with van der Waals surface area (Å²) >= 11 is 5.88. The van der Waals surface area contributed by atoms with Crippen molar-refractivity contribution in [2.75, 3.05) is 13.7 Å². The zero-order valence-corrected chi connectivity index (χ0v) is 10.7. The molecule has 1 aromatic rings. The molecule has 1 heterocycles. The van der Waals surface area contributed by atoms with Crippen LogP contribution in [0.1, 0.15) is 24.8 Å². The van der Waals surface area contributed by atoms with Crippen LogP contribution in [0.3, 0.4) is 0 Å². The normalized spacial score (nSPS) is 20.3. The van der Waals surface area contributed by atoms with Gasteiger partial charge in [-0.25, -0.2) is 4.39 Å². The van der Waals surface area contributed by atoms with Crippen molar-refractivity contribution in [2.45, 2.75) is 31.7 Å². The first kappa shape index (κ1) is 12.7. The van der Waals surface area contributed by atoms with E-state index in [1.807, 2.05) is 0 Å². The van der Waals surface area contributed by atoms with Gasteiger partial charge in [-0.15, -0.1) is 0 Å². The Hall–Kier alpha value is -0.800. The molecule has 4 heteroatoms. The van der Waals surface area contributed by atoms with Crippen LogP contribution in [0, 0.1) is 5.82 Å². The Labute approximate surface area is 106 Å². The van der Waals surface area contributed by atoms with Gasteiger partial charge in [-0.1, -0.05) is 18.0 Å². The topological polar surface area (TPSA) is 21.3 Å². The summed E-state index contributed by atoms with van der Waals surface area (Å²) in [7, 11) is 1.49. The summed E-state index contributed by atoms with van der Waals surface area (Å²) in [4.78, 5) is 0. The quantitative estimate of drug-likeness (QED) is 0.898. The Bertz CT molecular complexity index is 391. The maximum absolute atomic E-state index is 13.6. The predicted molar refractivity (Wildman–Crippen MR) is 67.3 cm³/mol. The Kier molecular flexibility index (Phi) is 4.24. The number of nitrogens with one attached hydrogen (secondary N) is 1. The lowest BCUT2D eigenvalue weighted by Gasteiger charge is -2.24. The van der Waals surface area contributed by atoms with Crippen LogP contribution in [0.5, 0.6) is 5.75 Å². The number of piperidine rings is 1. The second kappa shape index (κ2) is 5.69. The molecule has 0 saturated carbocycles. The van der Waals surface area contributed by atoms with E-state index in [-0.39, 0.29) is 5.82 Å². The van der Waals surface area contributed by atoms with Crippen LogP contribution in [0.4, 0.5) is 4.39 Å². The van der Waals surface area contributed by atoms with Crippen molar-refractivity contribution < 1.29 is 9.13 Å². The molecule has 1 aliphatic rings. The van der Waals surface area contributed by atoms with Gasteiger partial charge in [0.2, 0.25) is 0 Å². The highest BCUT2D eigenvalue weighted by Gasteiger charge is 2.18. The highest BCUT2D eigenvalue weighted by molar-refractivity contribution is 6.30. The second-order valence-electron chi connectivity index (χ2n) is 4.43. The molecule has 1 aromatic carbocycles. The standard InChI is InChI=1S/C13H17ClFNO/c1-17-13-9(6-10(14)8-12(13)15)7-11-4-2-3-5-16-11/h6,8,11,16H,2-5,7H2,1H3. The third kappa shape index (κ3) is 3.11. The second-order valence-corrected chi connectivity index (χ2v) is 4.87. The van der Waals surface area contributed by atoms with E-state index >= 15 is 0 Å². The van der Waals surface area contributed by atoms with E-state index in [1.165, 1.54) is 26.0 Å². The number of rotatable bonds is 3. The van der Waals surface area contributed by atoms with Crippen molar-refractivity contribution in [1.82, 2.24) is 5.32 Å². The molecule has 1 fully saturated rings. The van der Waals surface area contributed by atoms with Crippen LogP contribution in [-0.4, -0.2) is 19.7 Å². The van der Waals surface area contributed by atoms with E-state index in [4.69, 9.17) is 16.3 Å². The fourth-order valence-electron chi connectivity index (χ4n) is 2.36. The van der Waals surface area contributed by atoms with Crippen molar-refractivity contribution in [3.05, 3.63) is 28.5 Å². The van der Waals surface area contributed by atoms with E-state index in [2.05, 4.69) is 5.32 Å². The summed E-state index contributed by atoms with van der Waals surface area (Å²) in [5.41, 5.74) is 0.844. The van der Waals surface area contributed by atoms with E-state index in [0.29, 0.717) is 16.8 Å². The molecule has 1 atom stereocenters. The van der Waals surface area contributed by atoms with Crippen LogP contribution in [0.25, 0.3) is 0 Å². The summed E-state index contributed by atoms with van der Waals surface area (Å²) in [5, 5.41) is 3.86. The van der Waals surface area contributed by atoms with Gasteiger partial charge in [0.25, 0.3) is 0 Å². The van der Waals surface area contributed by atoms with Crippen LogP contribution in [-0.2, 0) is 6.42 Å². The SMILES string of the molecule is COc1c(F)cc(Cl)cc1CC1CCCCN1. The summed E-state index contributed by atoms with van der Waals surface area (Å²) in [6, 6.07) is 3.48. The number of benzene rings is 1. The van der Waals surface area contributed by atoms with Gasteiger partial charge in [0.15, 0.2) is 11.6 Å². The Morgan fingerprint density at radius 3 is 2.94 bits per heavy atom. The van der Waals surface area contributed by atoms with Crippen LogP contribution >= 0.6 is 11.6 Å². The summed E-state index contributed by atoms with van der Waals surface area (Å²) < 4.78 is 18.7. The van der Waals surface area contributed by atoms with Crippen molar-refractivity contribution >= 4 is 11.6 Å². The van der Waals surface area contributed by atoms with E-state index in [1.54, 1.807) is 6.07 Å². The first-order chi connectivity index (χ1) is 8.20. The minimum Gasteiger partial charge on any atom is -0.493 e. The molecule has 2 rings (SSSR count). The van der Waals surface area contributed by atoms with Gasteiger partial charge in [-0.05, 0) is 37.9 Å². The summed E-state index contributed by atoms with van der Waals surface area (Å²) in [6.45, 7) is 1.04. The van der Waals surface area contributed by atoms with Gasteiger partial charge < -0.3 is 10.1 Å². The van der Waals surface area contributed by atoms with Crippen molar-refractivity contribution in [2.24, 2.45) is 0 Å². The number of hydrogen-bond donors (Lipinski definition) is 1. The molecule has 1 saturated heterocycles. The van der Waals surface area contributed by atoms with Gasteiger partial charge in [0.1, 0.15) is 0 Å². The molecule has 1 unspecified atom stereocenters. The maximum Gasteiger partial charge on any atom is 0.166 e. The molecule has 1 aliphatic heterocycles. The van der Waals surface area contributed by atoms with Gasteiger partial charge >= 0.3 is 0 Å². The molecule has 2 nitrogen and oxygen atoms in total. The van der Waals surface area contributed by atoms with E-state index < -0.39 is 0 Å².